The summed E-state index contributed by atoms with van der Waals surface area (Å²) >= 11 is 0. The van der Waals surface area contributed by atoms with Crippen molar-refractivity contribution in [2.75, 3.05) is 26.0 Å². The van der Waals surface area contributed by atoms with E-state index in [2.05, 4.69) is 10.3 Å². The average molecular weight is 215 g/mol. The summed E-state index contributed by atoms with van der Waals surface area (Å²) in [6.07, 6.45) is -2.30. The van der Waals surface area contributed by atoms with Crippen molar-refractivity contribution in [3.8, 4) is 0 Å². The van der Waals surface area contributed by atoms with Gasteiger partial charge in [0.1, 0.15) is 5.82 Å². The van der Waals surface area contributed by atoms with E-state index in [0.717, 1.165) is 11.5 Å². The topological polar surface area (TPSA) is 28.2 Å². The van der Waals surface area contributed by atoms with E-state index in [-0.39, 0.29) is 6.54 Å². The Hall–Kier alpha value is -1.23. The molecule has 1 aromatic rings. The van der Waals surface area contributed by atoms with E-state index in [1.807, 2.05) is 18.2 Å². The van der Waals surface area contributed by atoms with Crippen LogP contribution in [0.3, 0.4) is 0 Å². The second-order valence-corrected chi connectivity index (χ2v) is 3.35. The number of hydrogen-bond donors (Lipinski definition) is 1. The quantitative estimate of drug-likeness (QED) is 0.812. The first-order valence-electron chi connectivity index (χ1n) is 4.72. The zero-order valence-electron chi connectivity index (χ0n) is 8.87. The molecular weight excluding hydrogens is 200 g/mol. The molecule has 1 rings (SSSR count). The van der Waals surface area contributed by atoms with Gasteiger partial charge in [0.25, 0.3) is 6.43 Å². The van der Waals surface area contributed by atoms with Crippen molar-refractivity contribution < 1.29 is 8.78 Å². The summed E-state index contributed by atoms with van der Waals surface area (Å²) in [4.78, 5) is 5.79. The molecule has 0 radical (unpaired) electrons. The van der Waals surface area contributed by atoms with Gasteiger partial charge in [-0.05, 0) is 19.2 Å². The van der Waals surface area contributed by atoms with Gasteiger partial charge in [0.15, 0.2) is 0 Å². The van der Waals surface area contributed by atoms with Crippen LogP contribution < -0.4 is 5.32 Å². The van der Waals surface area contributed by atoms with Crippen LogP contribution in [0.5, 0.6) is 0 Å². The van der Waals surface area contributed by atoms with Crippen molar-refractivity contribution in [2.45, 2.75) is 13.0 Å². The highest BCUT2D eigenvalue weighted by atomic mass is 19.3. The predicted molar refractivity (Wildman–Crippen MR) is 56.1 cm³/mol. The standard InChI is InChI=1S/C10H15F2N3/c1-13-10-5-3-4-8(14-10)6-15(2)7-9(11)12/h3-5,9H,6-7H2,1-2H3,(H,13,14). The highest BCUT2D eigenvalue weighted by molar-refractivity contribution is 5.34. The molecule has 0 unspecified atom stereocenters. The molecule has 0 saturated carbocycles. The molecule has 0 spiro atoms. The van der Waals surface area contributed by atoms with E-state index in [0.29, 0.717) is 6.54 Å². The number of aromatic nitrogens is 1. The summed E-state index contributed by atoms with van der Waals surface area (Å²) in [5.41, 5.74) is 0.782. The molecule has 0 amide bonds. The maximum absolute atomic E-state index is 12.1. The Kier molecular flexibility index (Phi) is 4.42. The van der Waals surface area contributed by atoms with E-state index in [4.69, 9.17) is 0 Å². The second-order valence-electron chi connectivity index (χ2n) is 3.35. The largest absolute Gasteiger partial charge is 0.373 e. The molecule has 0 aliphatic rings. The van der Waals surface area contributed by atoms with Crippen molar-refractivity contribution in [3.63, 3.8) is 0 Å². The lowest BCUT2D eigenvalue weighted by molar-refractivity contribution is 0.0971. The van der Waals surface area contributed by atoms with Crippen molar-refractivity contribution >= 4 is 5.82 Å². The lowest BCUT2D eigenvalue weighted by Crippen LogP contribution is -2.24. The highest BCUT2D eigenvalue weighted by Crippen LogP contribution is 2.06. The van der Waals surface area contributed by atoms with Crippen molar-refractivity contribution in [3.05, 3.63) is 23.9 Å². The molecule has 84 valence electrons. The number of anilines is 1. The first-order chi connectivity index (χ1) is 7.11. The molecule has 1 aromatic heterocycles. The number of rotatable bonds is 5. The first kappa shape index (κ1) is 11.8. The Bertz CT molecular complexity index is 304. The van der Waals surface area contributed by atoms with Gasteiger partial charge >= 0.3 is 0 Å². The van der Waals surface area contributed by atoms with E-state index in [1.165, 1.54) is 0 Å². The van der Waals surface area contributed by atoms with Crippen LogP contribution in [0.25, 0.3) is 0 Å². The van der Waals surface area contributed by atoms with Gasteiger partial charge in [-0.15, -0.1) is 0 Å². The molecule has 0 aliphatic carbocycles. The summed E-state index contributed by atoms with van der Waals surface area (Å²) in [7, 11) is 3.43. The number of nitrogens with zero attached hydrogens (tertiary/aromatic N) is 2. The molecule has 0 aliphatic heterocycles. The molecule has 1 heterocycles. The second kappa shape index (κ2) is 5.60. The fourth-order valence-corrected chi connectivity index (χ4v) is 1.28. The van der Waals surface area contributed by atoms with Crippen LogP contribution in [0.4, 0.5) is 14.6 Å². The fraction of sp³-hybridized carbons (Fsp3) is 0.500. The van der Waals surface area contributed by atoms with E-state index in [1.54, 1.807) is 19.0 Å². The third-order valence-electron chi connectivity index (χ3n) is 1.94. The van der Waals surface area contributed by atoms with Crippen molar-refractivity contribution in [2.24, 2.45) is 0 Å². The molecular formula is C10H15F2N3. The molecule has 15 heavy (non-hydrogen) atoms. The van der Waals surface area contributed by atoms with Crippen LogP contribution in [0.15, 0.2) is 18.2 Å². The molecule has 0 aromatic carbocycles. The Morgan fingerprint density at radius 2 is 2.20 bits per heavy atom. The zero-order valence-corrected chi connectivity index (χ0v) is 8.87. The third kappa shape index (κ3) is 4.20. The number of nitrogens with one attached hydrogen (secondary N) is 1. The maximum atomic E-state index is 12.1. The number of halogens is 2. The van der Waals surface area contributed by atoms with E-state index < -0.39 is 6.43 Å². The molecule has 1 N–H and O–H groups in total. The third-order valence-corrected chi connectivity index (χ3v) is 1.94. The fourth-order valence-electron chi connectivity index (χ4n) is 1.28. The van der Waals surface area contributed by atoms with E-state index >= 15 is 0 Å². The van der Waals surface area contributed by atoms with Crippen LogP contribution in [0.1, 0.15) is 5.69 Å². The van der Waals surface area contributed by atoms with Crippen LogP contribution in [-0.2, 0) is 6.54 Å². The summed E-state index contributed by atoms with van der Waals surface area (Å²) in [6, 6.07) is 5.50. The zero-order chi connectivity index (χ0) is 11.3. The number of pyridine rings is 1. The number of alkyl halides is 2. The van der Waals surface area contributed by atoms with Gasteiger partial charge < -0.3 is 5.32 Å². The van der Waals surface area contributed by atoms with Gasteiger partial charge in [-0.25, -0.2) is 13.8 Å². The molecule has 5 heteroatoms. The molecule has 0 fully saturated rings. The van der Waals surface area contributed by atoms with Gasteiger partial charge in [-0.3, -0.25) is 4.90 Å². The van der Waals surface area contributed by atoms with Crippen molar-refractivity contribution in [1.82, 2.24) is 9.88 Å². The normalized spacial score (nSPS) is 11.1. The minimum atomic E-state index is -2.30. The maximum Gasteiger partial charge on any atom is 0.251 e. The summed E-state index contributed by atoms with van der Waals surface area (Å²) < 4.78 is 24.1. The van der Waals surface area contributed by atoms with Crippen LogP contribution in [0.2, 0.25) is 0 Å². The van der Waals surface area contributed by atoms with Gasteiger partial charge in [0, 0.05) is 13.6 Å². The lowest BCUT2D eigenvalue weighted by atomic mass is 10.3. The Balaban J connectivity index is 2.55. The summed E-state index contributed by atoms with van der Waals surface area (Å²) in [5.74, 6) is 0.748. The first-order valence-corrected chi connectivity index (χ1v) is 4.72. The molecule has 0 bridgehead atoms. The molecule has 3 nitrogen and oxygen atoms in total. The predicted octanol–water partition coefficient (Wildman–Crippen LogP) is 1.82. The van der Waals surface area contributed by atoms with Crippen LogP contribution >= 0.6 is 0 Å². The molecule has 0 saturated heterocycles. The number of hydrogen-bond acceptors (Lipinski definition) is 3. The van der Waals surface area contributed by atoms with E-state index in [9.17, 15) is 8.78 Å². The van der Waals surface area contributed by atoms with Crippen molar-refractivity contribution in [1.29, 1.82) is 0 Å². The Morgan fingerprint density at radius 1 is 1.47 bits per heavy atom. The Morgan fingerprint density at radius 3 is 2.80 bits per heavy atom. The summed E-state index contributed by atoms with van der Waals surface area (Å²) in [5, 5.41) is 2.90. The minimum Gasteiger partial charge on any atom is -0.373 e. The SMILES string of the molecule is CNc1cccc(CN(C)CC(F)F)n1. The van der Waals surface area contributed by atoms with Gasteiger partial charge in [0.2, 0.25) is 0 Å². The summed E-state index contributed by atoms with van der Waals surface area (Å²) in [6.45, 7) is 0.200. The highest BCUT2D eigenvalue weighted by Gasteiger charge is 2.08. The lowest BCUT2D eigenvalue weighted by Gasteiger charge is -2.15. The van der Waals surface area contributed by atoms with Gasteiger partial charge in [-0.2, -0.15) is 0 Å². The smallest absolute Gasteiger partial charge is 0.251 e. The van der Waals surface area contributed by atoms with Crippen LogP contribution in [0, 0.1) is 0 Å². The van der Waals surface area contributed by atoms with Crippen LogP contribution in [-0.4, -0.2) is 36.9 Å². The molecule has 0 atom stereocenters. The average Bonchev–Trinajstić information content (AvgIpc) is 2.16. The van der Waals surface area contributed by atoms with Gasteiger partial charge in [-0.1, -0.05) is 6.07 Å². The minimum absolute atomic E-state index is 0.231. The Labute approximate surface area is 88.1 Å². The van der Waals surface area contributed by atoms with Gasteiger partial charge in [0.05, 0.1) is 12.2 Å². The monoisotopic (exact) mass is 215 g/mol.